The normalized spacial score (nSPS) is 19.2. The van der Waals surface area contributed by atoms with Crippen LogP contribution in [0.5, 0.6) is 0 Å². The van der Waals surface area contributed by atoms with Gasteiger partial charge in [-0.3, -0.25) is 9.78 Å². The summed E-state index contributed by atoms with van der Waals surface area (Å²) in [5.74, 6) is 2.97. The number of nitrogens with zero attached hydrogens (tertiary/aromatic N) is 4. The molecule has 0 spiro atoms. The zero-order valence-corrected chi connectivity index (χ0v) is 16.9. The Bertz CT molecular complexity index is 790. The molecule has 2 fully saturated rings. The zero-order chi connectivity index (χ0) is 19.6. The van der Waals surface area contributed by atoms with Gasteiger partial charge in [-0.1, -0.05) is 31.8 Å². The number of amides is 1. The molecule has 0 atom stereocenters. The Morgan fingerprint density at radius 2 is 2.11 bits per heavy atom. The van der Waals surface area contributed by atoms with Crippen LogP contribution in [0.15, 0.2) is 29.0 Å². The Hall–Kier alpha value is -2.24. The molecule has 6 nitrogen and oxygen atoms in total. The Kier molecular flexibility index (Phi) is 5.47. The largest absolute Gasteiger partial charge is 0.343 e. The van der Waals surface area contributed by atoms with E-state index in [4.69, 9.17) is 9.51 Å². The minimum Gasteiger partial charge on any atom is -0.343 e. The molecular weight excluding hydrogens is 352 g/mol. The monoisotopic (exact) mass is 382 g/mol. The summed E-state index contributed by atoms with van der Waals surface area (Å²) in [6.07, 6.45) is 10.6. The zero-order valence-electron chi connectivity index (χ0n) is 16.9. The second-order valence-electron chi connectivity index (χ2n) is 8.91. The lowest BCUT2D eigenvalue weighted by molar-refractivity contribution is -0.133. The molecule has 1 saturated heterocycles. The fraction of sp³-hybridized carbons (Fsp3) is 0.636. The second kappa shape index (κ2) is 8.02. The van der Waals surface area contributed by atoms with Gasteiger partial charge in [0.25, 0.3) is 5.89 Å². The Morgan fingerprint density at radius 1 is 1.32 bits per heavy atom. The van der Waals surface area contributed by atoms with Gasteiger partial charge in [0.15, 0.2) is 5.82 Å². The lowest BCUT2D eigenvalue weighted by Gasteiger charge is -2.40. The van der Waals surface area contributed by atoms with E-state index in [1.807, 2.05) is 17.0 Å². The molecule has 1 amide bonds. The maximum absolute atomic E-state index is 12.5. The quantitative estimate of drug-likeness (QED) is 0.717. The fourth-order valence-corrected chi connectivity index (χ4v) is 4.19. The Balaban J connectivity index is 1.48. The average molecular weight is 383 g/mol. The topological polar surface area (TPSA) is 72.1 Å². The van der Waals surface area contributed by atoms with Gasteiger partial charge in [0.05, 0.1) is 5.56 Å². The number of likely N-dealkylation sites (tertiary alicyclic amines) is 1. The minimum atomic E-state index is -0.0695. The van der Waals surface area contributed by atoms with E-state index in [2.05, 4.69) is 24.0 Å². The highest BCUT2D eigenvalue weighted by molar-refractivity contribution is 5.76. The molecule has 3 heterocycles. The predicted molar refractivity (Wildman–Crippen MR) is 106 cm³/mol. The van der Waals surface area contributed by atoms with Crippen molar-refractivity contribution in [2.24, 2.45) is 11.8 Å². The first-order valence-electron chi connectivity index (χ1n) is 10.6. The van der Waals surface area contributed by atoms with E-state index in [-0.39, 0.29) is 11.3 Å². The molecule has 0 aromatic carbocycles. The predicted octanol–water partition coefficient (Wildman–Crippen LogP) is 4.23. The van der Waals surface area contributed by atoms with Gasteiger partial charge in [-0.25, -0.2) is 0 Å². The highest BCUT2D eigenvalue weighted by Crippen LogP contribution is 2.46. The van der Waals surface area contributed by atoms with Crippen LogP contribution >= 0.6 is 0 Å². The summed E-state index contributed by atoms with van der Waals surface area (Å²) in [4.78, 5) is 23.5. The van der Waals surface area contributed by atoms with Crippen molar-refractivity contribution in [2.75, 3.05) is 13.1 Å². The smallest absolute Gasteiger partial charge is 0.259 e. The first-order valence-corrected chi connectivity index (χ1v) is 10.6. The molecule has 2 aliphatic rings. The third-order valence-electron chi connectivity index (χ3n) is 6.19. The third kappa shape index (κ3) is 4.26. The lowest BCUT2D eigenvalue weighted by atomic mass is 9.73. The van der Waals surface area contributed by atoms with E-state index in [1.54, 1.807) is 12.4 Å². The van der Waals surface area contributed by atoms with E-state index < -0.39 is 0 Å². The van der Waals surface area contributed by atoms with E-state index in [9.17, 15) is 4.79 Å². The van der Waals surface area contributed by atoms with Gasteiger partial charge >= 0.3 is 0 Å². The van der Waals surface area contributed by atoms with Gasteiger partial charge in [-0.15, -0.1) is 0 Å². The van der Waals surface area contributed by atoms with Crippen LogP contribution in [0.2, 0.25) is 0 Å². The van der Waals surface area contributed by atoms with Crippen LogP contribution < -0.4 is 0 Å². The summed E-state index contributed by atoms with van der Waals surface area (Å²) >= 11 is 0. The van der Waals surface area contributed by atoms with Gasteiger partial charge in [0, 0.05) is 37.3 Å². The van der Waals surface area contributed by atoms with Crippen molar-refractivity contribution in [3.63, 3.8) is 0 Å². The van der Waals surface area contributed by atoms with E-state index in [0.29, 0.717) is 18.2 Å². The van der Waals surface area contributed by atoms with Gasteiger partial charge < -0.3 is 9.42 Å². The number of aromatic nitrogens is 3. The van der Waals surface area contributed by atoms with Crippen LogP contribution in [0, 0.1) is 11.8 Å². The van der Waals surface area contributed by atoms with Gasteiger partial charge in [-0.05, 0) is 49.7 Å². The molecule has 0 N–H and O–H groups in total. The Morgan fingerprint density at radius 3 is 2.75 bits per heavy atom. The number of hydrogen-bond donors (Lipinski definition) is 0. The van der Waals surface area contributed by atoms with E-state index >= 15 is 0 Å². The standard InChI is InChI=1S/C22H30N4O2/c1-16(2)5-8-19(27)26-12-9-22(10-13-26,14-17-6-7-17)21-24-20(28-25-21)18-4-3-11-23-15-18/h3-4,11,15-17H,5-10,12-14H2,1-2H3. The number of pyridine rings is 1. The minimum absolute atomic E-state index is 0.0695. The third-order valence-corrected chi connectivity index (χ3v) is 6.19. The molecule has 0 bridgehead atoms. The van der Waals surface area contributed by atoms with Crippen molar-refractivity contribution in [3.05, 3.63) is 30.4 Å². The molecule has 1 aliphatic heterocycles. The molecule has 1 aliphatic carbocycles. The number of rotatable bonds is 7. The lowest BCUT2D eigenvalue weighted by Crippen LogP contribution is -2.46. The molecule has 0 unspecified atom stereocenters. The van der Waals surface area contributed by atoms with Crippen LogP contribution in [-0.2, 0) is 10.2 Å². The maximum atomic E-state index is 12.5. The SMILES string of the molecule is CC(C)CCC(=O)N1CCC(CC2CC2)(c2noc(-c3cccnc3)n2)CC1. The van der Waals surface area contributed by atoms with Gasteiger partial charge in [0.1, 0.15) is 0 Å². The molecule has 6 heteroatoms. The van der Waals surface area contributed by atoms with Crippen molar-refractivity contribution in [1.82, 2.24) is 20.0 Å². The molecule has 2 aromatic heterocycles. The van der Waals surface area contributed by atoms with Crippen molar-refractivity contribution in [3.8, 4) is 11.5 Å². The maximum Gasteiger partial charge on any atom is 0.259 e. The van der Waals surface area contributed by atoms with Crippen molar-refractivity contribution >= 4 is 5.91 Å². The number of hydrogen-bond acceptors (Lipinski definition) is 5. The van der Waals surface area contributed by atoms with Crippen molar-refractivity contribution in [2.45, 2.75) is 64.2 Å². The molecule has 28 heavy (non-hydrogen) atoms. The van der Waals surface area contributed by atoms with Gasteiger partial charge in [-0.2, -0.15) is 4.98 Å². The van der Waals surface area contributed by atoms with E-state index in [0.717, 1.165) is 56.1 Å². The first-order chi connectivity index (χ1) is 13.6. The second-order valence-corrected chi connectivity index (χ2v) is 8.91. The first kappa shape index (κ1) is 19.1. The average Bonchev–Trinajstić information content (AvgIpc) is 3.37. The fourth-order valence-electron chi connectivity index (χ4n) is 4.19. The number of carbonyl (C=O) groups is 1. The van der Waals surface area contributed by atoms with Crippen LogP contribution in [0.1, 0.15) is 64.6 Å². The number of carbonyl (C=O) groups excluding carboxylic acids is 1. The van der Waals surface area contributed by atoms with Crippen molar-refractivity contribution < 1.29 is 9.32 Å². The highest BCUT2D eigenvalue weighted by Gasteiger charge is 2.44. The summed E-state index contributed by atoms with van der Waals surface area (Å²) in [6, 6.07) is 3.81. The summed E-state index contributed by atoms with van der Waals surface area (Å²) in [6.45, 7) is 5.92. The molecule has 2 aromatic rings. The van der Waals surface area contributed by atoms with Crippen LogP contribution in [0.25, 0.3) is 11.5 Å². The van der Waals surface area contributed by atoms with Crippen LogP contribution in [0.3, 0.4) is 0 Å². The van der Waals surface area contributed by atoms with Crippen LogP contribution in [0.4, 0.5) is 0 Å². The molecule has 150 valence electrons. The number of piperidine rings is 1. The van der Waals surface area contributed by atoms with Crippen LogP contribution in [-0.4, -0.2) is 39.0 Å². The molecule has 4 rings (SSSR count). The Labute approximate surface area is 166 Å². The molecule has 1 saturated carbocycles. The molecular formula is C22H30N4O2. The summed E-state index contributed by atoms with van der Waals surface area (Å²) in [5.41, 5.74) is 0.782. The summed E-state index contributed by atoms with van der Waals surface area (Å²) in [7, 11) is 0. The van der Waals surface area contributed by atoms with Gasteiger partial charge in [0.2, 0.25) is 5.91 Å². The van der Waals surface area contributed by atoms with Crippen molar-refractivity contribution in [1.29, 1.82) is 0 Å². The van der Waals surface area contributed by atoms with E-state index in [1.165, 1.54) is 12.8 Å². The highest BCUT2D eigenvalue weighted by atomic mass is 16.5. The summed E-state index contributed by atoms with van der Waals surface area (Å²) < 4.78 is 5.59. The molecule has 0 radical (unpaired) electrons. The summed E-state index contributed by atoms with van der Waals surface area (Å²) in [5, 5.41) is 4.38.